The van der Waals surface area contributed by atoms with Crippen molar-refractivity contribution in [2.24, 2.45) is 31.8 Å². The van der Waals surface area contributed by atoms with Crippen molar-refractivity contribution in [1.29, 1.82) is 0 Å². The highest BCUT2D eigenvalue weighted by molar-refractivity contribution is 5.67. The third-order valence-electron chi connectivity index (χ3n) is 10.5. The van der Waals surface area contributed by atoms with Crippen LogP contribution in [-0.2, 0) is 19.5 Å². The number of piperidine rings is 4. The lowest BCUT2D eigenvalue weighted by molar-refractivity contribution is -0.143. The van der Waals surface area contributed by atoms with E-state index >= 15 is 0 Å². The number of benzene rings is 1. The van der Waals surface area contributed by atoms with Crippen LogP contribution in [0.5, 0.6) is 5.88 Å². The number of hydrogen-bond donors (Lipinski definition) is 2. The summed E-state index contributed by atoms with van der Waals surface area (Å²) in [6, 6.07) is 8.68. The van der Waals surface area contributed by atoms with Gasteiger partial charge in [-0.05, 0) is 36.3 Å². The Balaban J connectivity index is 1.47. The molecule has 5 aliphatic heterocycles. The SMILES string of the molecule is CC[C@@H]1[C@H]2C[C@@H]3[C@H]4N(C)c5ccccc5[C@@]45C[C@@H]([C@H]2[C@H]5O)N3[C@@H]1c1c(O)n(C)c(=O)n(C)c1=O. The molecule has 2 aromatic rings. The average Bonchev–Trinajstić information content (AvgIpc) is 3.23. The van der Waals surface area contributed by atoms with Gasteiger partial charge in [-0.25, -0.2) is 4.79 Å². The van der Waals surface area contributed by atoms with Gasteiger partial charge in [0.2, 0.25) is 5.88 Å². The Kier molecular flexibility index (Phi) is 3.87. The minimum Gasteiger partial charge on any atom is -0.494 e. The first kappa shape index (κ1) is 20.8. The molecule has 6 aliphatic rings. The highest BCUT2D eigenvalue weighted by Crippen LogP contribution is 2.71. The van der Waals surface area contributed by atoms with Gasteiger partial charge in [0, 0.05) is 56.3 Å². The molecule has 6 heterocycles. The molecule has 34 heavy (non-hydrogen) atoms. The van der Waals surface area contributed by atoms with Gasteiger partial charge >= 0.3 is 5.69 Å². The van der Waals surface area contributed by atoms with Crippen LogP contribution in [0.1, 0.15) is 43.4 Å². The van der Waals surface area contributed by atoms with E-state index in [4.69, 9.17) is 0 Å². The van der Waals surface area contributed by atoms with E-state index in [-0.39, 0.29) is 53.2 Å². The topological polar surface area (TPSA) is 90.9 Å². The second kappa shape index (κ2) is 6.34. The molecule has 1 aromatic carbocycles. The number of hydrogen-bond acceptors (Lipinski definition) is 6. The molecule has 4 saturated heterocycles. The number of para-hydroxylation sites is 1. The van der Waals surface area contributed by atoms with Crippen LogP contribution in [0.25, 0.3) is 0 Å². The Morgan fingerprint density at radius 1 is 1.09 bits per heavy atom. The lowest BCUT2D eigenvalue weighted by Crippen LogP contribution is -2.70. The smallest absolute Gasteiger partial charge is 0.333 e. The Morgan fingerprint density at radius 3 is 2.56 bits per heavy atom. The van der Waals surface area contributed by atoms with Gasteiger partial charge in [0.1, 0.15) is 0 Å². The van der Waals surface area contributed by atoms with Crippen molar-refractivity contribution in [3.8, 4) is 5.88 Å². The van der Waals surface area contributed by atoms with E-state index in [9.17, 15) is 19.8 Å². The monoisotopic (exact) mass is 464 g/mol. The van der Waals surface area contributed by atoms with Crippen LogP contribution in [0.4, 0.5) is 5.69 Å². The van der Waals surface area contributed by atoms with Crippen LogP contribution in [0.2, 0.25) is 0 Å². The van der Waals surface area contributed by atoms with Crippen LogP contribution in [0.3, 0.4) is 0 Å². The van der Waals surface area contributed by atoms with Crippen LogP contribution in [0.15, 0.2) is 33.9 Å². The molecule has 1 aromatic heterocycles. The molecule has 10 atom stereocenters. The Morgan fingerprint density at radius 2 is 1.82 bits per heavy atom. The number of aromatic nitrogens is 2. The molecule has 0 radical (unpaired) electrons. The second-order valence-electron chi connectivity index (χ2n) is 11.3. The predicted octanol–water partition coefficient (Wildman–Crippen LogP) is 1.08. The zero-order chi connectivity index (χ0) is 23.8. The van der Waals surface area contributed by atoms with Crippen LogP contribution < -0.4 is 16.1 Å². The van der Waals surface area contributed by atoms with E-state index in [0.29, 0.717) is 5.56 Å². The first-order valence-electron chi connectivity index (χ1n) is 12.5. The molecule has 0 amide bonds. The lowest BCUT2D eigenvalue weighted by atomic mass is 9.59. The maximum Gasteiger partial charge on any atom is 0.333 e. The molecule has 5 fully saturated rings. The van der Waals surface area contributed by atoms with Gasteiger partial charge in [-0.15, -0.1) is 0 Å². The lowest BCUT2D eigenvalue weighted by Gasteiger charge is -2.64. The zero-order valence-corrected chi connectivity index (χ0v) is 20.0. The highest BCUT2D eigenvalue weighted by atomic mass is 16.3. The summed E-state index contributed by atoms with van der Waals surface area (Å²) in [5, 5.41) is 23.1. The summed E-state index contributed by atoms with van der Waals surface area (Å²) in [4.78, 5) is 30.8. The molecule has 2 N–H and O–H groups in total. The van der Waals surface area contributed by atoms with Crippen molar-refractivity contribution >= 4 is 5.69 Å². The van der Waals surface area contributed by atoms with Crippen molar-refractivity contribution < 1.29 is 10.2 Å². The van der Waals surface area contributed by atoms with Gasteiger partial charge < -0.3 is 15.1 Å². The van der Waals surface area contributed by atoms with E-state index in [1.807, 2.05) is 0 Å². The minimum atomic E-state index is -0.516. The van der Waals surface area contributed by atoms with E-state index in [2.05, 4.69) is 48.0 Å². The van der Waals surface area contributed by atoms with E-state index in [0.717, 1.165) is 23.8 Å². The number of rotatable bonds is 2. The van der Waals surface area contributed by atoms with Gasteiger partial charge in [-0.3, -0.25) is 18.8 Å². The maximum atomic E-state index is 13.4. The molecule has 5 bridgehead atoms. The van der Waals surface area contributed by atoms with E-state index in [1.54, 1.807) is 0 Å². The van der Waals surface area contributed by atoms with Crippen molar-refractivity contribution in [2.75, 3.05) is 11.9 Å². The summed E-state index contributed by atoms with van der Waals surface area (Å²) in [7, 11) is 5.15. The molecule has 8 heteroatoms. The summed E-state index contributed by atoms with van der Waals surface area (Å²) in [6.07, 6.45) is 2.27. The fourth-order valence-corrected chi connectivity index (χ4v) is 9.41. The number of likely N-dealkylation sites (N-methyl/N-ethyl adjacent to an activating group) is 1. The van der Waals surface area contributed by atoms with E-state index < -0.39 is 17.4 Å². The number of aliphatic hydroxyl groups excluding tert-OH is 1. The van der Waals surface area contributed by atoms with Crippen molar-refractivity contribution in [2.45, 2.75) is 61.9 Å². The van der Waals surface area contributed by atoms with Crippen LogP contribution in [0, 0.1) is 17.8 Å². The molecular weight excluding hydrogens is 432 g/mol. The predicted molar refractivity (Wildman–Crippen MR) is 127 cm³/mol. The minimum absolute atomic E-state index is 0.116. The van der Waals surface area contributed by atoms with Gasteiger partial charge in [0.05, 0.1) is 17.7 Å². The van der Waals surface area contributed by atoms with Gasteiger partial charge in [0.15, 0.2) is 0 Å². The van der Waals surface area contributed by atoms with Crippen LogP contribution in [-0.4, -0.2) is 55.5 Å². The normalized spacial score (nSPS) is 42.9. The van der Waals surface area contributed by atoms with Crippen LogP contribution >= 0.6 is 0 Å². The van der Waals surface area contributed by atoms with E-state index in [1.165, 1.54) is 29.9 Å². The highest BCUT2D eigenvalue weighted by Gasteiger charge is 2.76. The fourth-order valence-electron chi connectivity index (χ4n) is 9.41. The number of fused-ring (bicyclic) bond motifs is 2. The van der Waals surface area contributed by atoms with Gasteiger partial charge in [-0.2, -0.15) is 0 Å². The Labute approximate surface area is 198 Å². The molecular formula is C26H32N4O4. The first-order chi connectivity index (χ1) is 16.3. The summed E-state index contributed by atoms with van der Waals surface area (Å²) in [6.45, 7) is 2.14. The average molecular weight is 465 g/mol. The number of aliphatic hydroxyl groups is 1. The Bertz CT molecular complexity index is 1350. The van der Waals surface area contributed by atoms with Gasteiger partial charge in [0.25, 0.3) is 5.56 Å². The number of anilines is 1. The summed E-state index contributed by atoms with van der Waals surface area (Å²) in [5.41, 5.74) is 1.59. The summed E-state index contributed by atoms with van der Waals surface area (Å²) in [5.74, 6) is 0.350. The maximum absolute atomic E-state index is 13.4. The molecule has 1 unspecified atom stereocenters. The number of nitrogens with zero attached hydrogens (tertiary/aromatic N) is 4. The summed E-state index contributed by atoms with van der Waals surface area (Å²) < 4.78 is 2.31. The quantitative estimate of drug-likeness (QED) is 0.691. The molecule has 180 valence electrons. The Hall–Kier alpha value is -2.58. The fraction of sp³-hybridized carbons (Fsp3) is 0.615. The summed E-state index contributed by atoms with van der Waals surface area (Å²) >= 11 is 0. The standard InChI is InChI=1S/C26H32N4O4/c1-5-12-13-10-16-21-26(14-8-6-7-9-15(14)27(21)2)11-17(18(13)22(26)31)30(16)20(12)19-23(32)28(3)25(34)29(4)24(19)33/h6-9,12-13,16-18,20-22,31-32H,5,10-11H2,1-4H3/t12-,13-,16-,17+,18+,20+,21-,22-,26+/m1/s1. The molecule has 8 rings (SSSR count). The molecule has 1 saturated carbocycles. The largest absolute Gasteiger partial charge is 0.494 e. The molecule has 1 spiro atoms. The number of aromatic hydroxyl groups is 1. The third-order valence-corrected chi connectivity index (χ3v) is 10.5. The van der Waals surface area contributed by atoms with Crippen molar-refractivity contribution in [1.82, 2.24) is 14.0 Å². The van der Waals surface area contributed by atoms with Crippen molar-refractivity contribution in [3.63, 3.8) is 0 Å². The van der Waals surface area contributed by atoms with Gasteiger partial charge in [-0.1, -0.05) is 31.5 Å². The first-order valence-corrected chi connectivity index (χ1v) is 12.5. The second-order valence-corrected chi connectivity index (χ2v) is 11.3. The van der Waals surface area contributed by atoms with Crippen molar-refractivity contribution in [3.05, 3.63) is 56.2 Å². The molecule has 8 nitrogen and oxygen atoms in total. The molecule has 1 aliphatic carbocycles. The third kappa shape index (κ3) is 1.98. The zero-order valence-electron chi connectivity index (χ0n) is 20.0.